The topological polar surface area (TPSA) is 88.4 Å². The van der Waals surface area contributed by atoms with Crippen LogP contribution in [-0.2, 0) is 16.6 Å². The predicted octanol–water partition coefficient (Wildman–Crippen LogP) is 2.39. The zero-order valence-electron chi connectivity index (χ0n) is 16.1. The van der Waals surface area contributed by atoms with Gasteiger partial charge in [-0.3, -0.25) is 4.79 Å². The quantitative estimate of drug-likeness (QED) is 0.607. The number of rotatable bonds is 4. The van der Waals surface area contributed by atoms with Crippen LogP contribution in [0.3, 0.4) is 0 Å². The number of hydrogen-bond donors (Lipinski definition) is 0. The Bertz CT molecular complexity index is 1220. The third kappa shape index (κ3) is 3.66. The van der Waals surface area contributed by atoms with Gasteiger partial charge in [0.1, 0.15) is 11.3 Å². The maximum absolute atomic E-state index is 13.4. The lowest BCUT2D eigenvalue weighted by molar-refractivity contribution is 0.0698. The molecule has 1 aliphatic heterocycles. The second-order valence-corrected chi connectivity index (χ2v) is 9.23. The lowest BCUT2D eigenvalue weighted by Crippen LogP contribution is -2.50. The van der Waals surface area contributed by atoms with Crippen LogP contribution in [0.5, 0.6) is 0 Å². The van der Waals surface area contributed by atoms with E-state index >= 15 is 0 Å². The highest BCUT2D eigenvalue weighted by molar-refractivity contribution is 7.89. The van der Waals surface area contributed by atoms with Gasteiger partial charge in [-0.2, -0.15) is 4.31 Å². The van der Waals surface area contributed by atoms with E-state index in [1.807, 2.05) is 13.0 Å². The first-order valence-electron chi connectivity index (χ1n) is 9.39. The van der Waals surface area contributed by atoms with Crippen molar-refractivity contribution in [2.24, 2.45) is 0 Å². The number of fused-ring (bicyclic) bond motifs is 1. The monoisotopic (exact) mass is 451 g/mol. The summed E-state index contributed by atoms with van der Waals surface area (Å²) in [5, 5.41) is 7.88. The minimum atomic E-state index is -3.82. The normalized spacial score (nSPS) is 15.6. The van der Waals surface area contributed by atoms with Crippen LogP contribution in [0.25, 0.3) is 11.0 Å². The summed E-state index contributed by atoms with van der Waals surface area (Å²) in [6.07, 6.45) is 0. The number of benzene rings is 2. The van der Waals surface area contributed by atoms with E-state index in [1.54, 1.807) is 21.7 Å². The smallest absolute Gasteiger partial charge is 0.254 e. The van der Waals surface area contributed by atoms with E-state index in [0.717, 1.165) is 17.6 Å². The van der Waals surface area contributed by atoms with Crippen molar-refractivity contribution >= 4 is 38.6 Å². The number of carbonyl (C=O) groups excluding carboxylic acids is 1. The first-order valence-corrected chi connectivity index (χ1v) is 11.2. The van der Waals surface area contributed by atoms with Crippen molar-refractivity contribution in [2.45, 2.75) is 18.4 Å². The Morgan fingerprint density at radius 3 is 2.53 bits per heavy atom. The molecule has 158 valence electrons. The highest BCUT2D eigenvalue weighted by Crippen LogP contribution is 2.24. The second-order valence-electron chi connectivity index (χ2n) is 6.88. The minimum absolute atomic E-state index is 0.0712. The number of nitrogens with zero attached hydrogens (tertiary/aromatic N) is 5. The number of sulfonamides is 1. The van der Waals surface area contributed by atoms with E-state index in [-0.39, 0.29) is 42.0 Å². The lowest BCUT2D eigenvalue weighted by atomic mass is 10.1. The molecule has 11 heteroatoms. The SMILES string of the molecule is CCn1nnc2cc(C(=O)N3CCN(S(=O)(=O)c4ccc(F)c(Cl)c4)CC3)ccc21. The van der Waals surface area contributed by atoms with Crippen LogP contribution in [-0.4, -0.2) is 64.7 Å². The molecular formula is C19H19ClFN5O3S. The molecule has 1 fully saturated rings. The minimum Gasteiger partial charge on any atom is -0.336 e. The van der Waals surface area contributed by atoms with Gasteiger partial charge in [-0.15, -0.1) is 5.10 Å². The van der Waals surface area contributed by atoms with Crippen LogP contribution in [0.15, 0.2) is 41.3 Å². The maximum Gasteiger partial charge on any atom is 0.254 e. The molecule has 0 radical (unpaired) electrons. The average molecular weight is 452 g/mol. The van der Waals surface area contributed by atoms with Crippen molar-refractivity contribution < 1.29 is 17.6 Å². The fourth-order valence-corrected chi connectivity index (χ4v) is 5.13. The Kier molecular flexibility index (Phi) is 5.48. The average Bonchev–Trinajstić information content (AvgIpc) is 3.17. The van der Waals surface area contributed by atoms with Gasteiger partial charge < -0.3 is 4.90 Å². The number of hydrogen-bond acceptors (Lipinski definition) is 5. The van der Waals surface area contributed by atoms with Crippen LogP contribution >= 0.6 is 11.6 Å². The molecule has 0 spiro atoms. The molecule has 1 aromatic heterocycles. The van der Waals surface area contributed by atoms with Gasteiger partial charge in [-0.05, 0) is 43.3 Å². The molecule has 0 atom stereocenters. The Hall–Kier alpha value is -2.56. The van der Waals surface area contributed by atoms with Gasteiger partial charge in [-0.25, -0.2) is 17.5 Å². The highest BCUT2D eigenvalue weighted by Gasteiger charge is 2.31. The summed E-state index contributed by atoms with van der Waals surface area (Å²) in [4.78, 5) is 14.4. The summed E-state index contributed by atoms with van der Waals surface area (Å²) in [5.74, 6) is -0.869. The van der Waals surface area contributed by atoms with Gasteiger partial charge in [0.15, 0.2) is 0 Å². The molecule has 8 nitrogen and oxygen atoms in total. The zero-order valence-corrected chi connectivity index (χ0v) is 17.7. The molecule has 0 N–H and O–H groups in total. The first kappa shape index (κ1) is 20.7. The summed E-state index contributed by atoms with van der Waals surface area (Å²) >= 11 is 5.72. The third-order valence-corrected chi connectivity index (χ3v) is 7.30. The molecule has 1 saturated heterocycles. The van der Waals surface area contributed by atoms with Gasteiger partial charge in [-0.1, -0.05) is 16.8 Å². The fourth-order valence-electron chi connectivity index (χ4n) is 3.44. The molecule has 2 aromatic carbocycles. The number of piperazine rings is 1. The molecule has 0 unspecified atom stereocenters. The Labute approximate surface area is 177 Å². The maximum atomic E-state index is 13.4. The molecule has 0 aliphatic carbocycles. The van der Waals surface area contributed by atoms with Crippen molar-refractivity contribution in [3.05, 3.63) is 52.8 Å². The van der Waals surface area contributed by atoms with E-state index in [4.69, 9.17) is 11.6 Å². The second kappa shape index (κ2) is 7.93. The zero-order chi connectivity index (χ0) is 21.5. The summed E-state index contributed by atoms with van der Waals surface area (Å²) < 4.78 is 42.0. The summed E-state index contributed by atoms with van der Waals surface area (Å²) in [6, 6.07) is 8.55. The van der Waals surface area contributed by atoms with Gasteiger partial charge in [0.2, 0.25) is 10.0 Å². The summed E-state index contributed by atoms with van der Waals surface area (Å²) in [5.41, 5.74) is 1.97. The largest absolute Gasteiger partial charge is 0.336 e. The lowest BCUT2D eigenvalue weighted by Gasteiger charge is -2.34. The summed E-state index contributed by atoms with van der Waals surface area (Å²) in [6.45, 7) is 3.40. The van der Waals surface area contributed by atoms with Crippen LogP contribution < -0.4 is 0 Å². The molecule has 1 amide bonds. The third-order valence-electron chi connectivity index (χ3n) is 5.12. The van der Waals surface area contributed by atoms with E-state index in [1.165, 1.54) is 10.4 Å². The van der Waals surface area contributed by atoms with Crippen LogP contribution in [0, 0.1) is 5.82 Å². The van der Waals surface area contributed by atoms with Crippen molar-refractivity contribution in [2.75, 3.05) is 26.2 Å². The Morgan fingerprint density at radius 1 is 1.13 bits per heavy atom. The van der Waals surface area contributed by atoms with Crippen molar-refractivity contribution in [3.8, 4) is 0 Å². The van der Waals surface area contributed by atoms with Crippen LogP contribution in [0.4, 0.5) is 4.39 Å². The summed E-state index contributed by atoms with van der Waals surface area (Å²) in [7, 11) is -3.82. The molecule has 0 saturated carbocycles. The van der Waals surface area contributed by atoms with Crippen molar-refractivity contribution in [1.29, 1.82) is 0 Å². The van der Waals surface area contributed by atoms with E-state index in [2.05, 4.69) is 10.3 Å². The van der Waals surface area contributed by atoms with E-state index in [9.17, 15) is 17.6 Å². The number of aromatic nitrogens is 3. The number of halogens is 2. The van der Waals surface area contributed by atoms with Crippen molar-refractivity contribution in [3.63, 3.8) is 0 Å². The molecule has 1 aliphatic rings. The molecular weight excluding hydrogens is 433 g/mol. The van der Waals surface area contributed by atoms with Gasteiger partial charge >= 0.3 is 0 Å². The Morgan fingerprint density at radius 2 is 1.87 bits per heavy atom. The number of amides is 1. The molecule has 4 rings (SSSR count). The fraction of sp³-hybridized carbons (Fsp3) is 0.316. The standard InChI is InChI=1S/C19H19ClFN5O3S/c1-2-26-18-6-3-13(11-17(18)22-23-26)19(27)24-7-9-25(10-8-24)30(28,29)14-4-5-16(21)15(20)12-14/h3-6,11-12H,2,7-10H2,1H3. The Balaban J connectivity index is 1.47. The number of carbonyl (C=O) groups is 1. The van der Waals surface area contributed by atoms with Gasteiger partial charge in [0, 0.05) is 38.3 Å². The molecule has 0 bridgehead atoms. The van der Waals surface area contributed by atoms with Crippen LogP contribution in [0.1, 0.15) is 17.3 Å². The van der Waals surface area contributed by atoms with Gasteiger partial charge in [0.05, 0.1) is 15.4 Å². The van der Waals surface area contributed by atoms with Crippen LogP contribution in [0.2, 0.25) is 5.02 Å². The van der Waals surface area contributed by atoms with E-state index in [0.29, 0.717) is 17.6 Å². The molecule has 30 heavy (non-hydrogen) atoms. The molecule has 3 aromatic rings. The predicted molar refractivity (Wildman–Crippen MR) is 109 cm³/mol. The van der Waals surface area contributed by atoms with Gasteiger partial charge in [0.25, 0.3) is 5.91 Å². The first-order chi connectivity index (χ1) is 14.3. The molecule has 2 heterocycles. The highest BCUT2D eigenvalue weighted by atomic mass is 35.5. The number of aryl methyl sites for hydroxylation is 1. The van der Waals surface area contributed by atoms with E-state index < -0.39 is 15.8 Å². The van der Waals surface area contributed by atoms with Crippen molar-refractivity contribution in [1.82, 2.24) is 24.2 Å².